The van der Waals surface area contributed by atoms with Crippen molar-refractivity contribution < 1.29 is 9.47 Å². The van der Waals surface area contributed by atoms with Gasteiger partial charge in [0.15, 0.2) is 6.79 Å². The largest absolute Gasteiger partial charge is 0.466 e. The Morgan fingerprint density at radius 1 is 1.06 bits per heavy atom. The molecule has 0 heterocycles. The van der Waals surface area contributed by atoms with E-state index in [9.17, 15) is 0 Å². The molecule has 0 aliphatic carbocycles. The van der Waals surface area contributed by atoms with E-state index in [-0.39, 0.29) is 0 Å². The third-order valence-corrected chi connectivity index (χ3v) is 3.80. The van der Waals surface area contributed by atoms with Crippen LogP contribution in [0.4, 0.5) is 0 Å². The predicted octanol–water partition coefficient (Wildman–Crippen LogP) is 4.12. The van der Waals surface area contributed by atoms with Crippen molar-refractivity contribution in [1.29, 1.82) is 0 Å². The Labute approximate surface area is 112 Å². The Balaban J connectivity index is 3.28. The van der Waals surface area contributed by atoms with Gasteiger partial charge in [-0.1, -0.05) is 26.8 Å². The number of hydrogen-bond donors (Lipinski definition) is 0. The lowest BCUT2D eigenvalue weighted by Gasteiger charge is -2.18. The van der Waals surface area contributed by atoms with Crippen molar-refractivity contribution >= 4 is 15.9 Å². The molecule has 1 aromatic rings. The van der Waals surface area contributed by atoms with Gasteiger partial charge in [-0.2, -0.15) is 0 Å². The van der Waals surface area contributed by atoms with Crippen molar-refractivity contribution in [2.24, 2.45) is 0 Å². The van der Waals surface area contributed by atoms with Crippen molar-refractivity contribution in [3.63, 3.8) is 0 Å². The Hall–Kier alpha value is -0.540. The van der Waals surface area contributed by atoms with Crippen LogP contribution in [-0.2, 0) is 24.0 Å². The SMILES string of the molecule is CCc1cc(CC)c(CC)c(OCOC)c1Br. The molecule has 3 heteroatoms. The molecule has 0 N–H and O–H groups in total. The third kappa shape index (κ3) is 3.23. The fourth-order valence-electron chi connectivity index (χ4n) is 2.01. The monoisotopic (exact) mass is 300 g/mol. The van der Waals surface area contributed by atoms with Crippen LogP contribution >= 0.6 is 15.9 Å². The van der Waals surface area contributed by atoms with Gasteiger partial charge < -0.3 is 9.47 Å². The van der Waals surface area contributed by atoms with Gasteiger partial charge in [0, 0.05) is 7.11 Å². The smallest absolute Gasteiger partial charge is 0.188 e. The second-order valence-electron chi connectivity index (χ2n) is 3.93. The molecule has 1 aromatic carbocycles. The summed E-state index contributed by atoms with van der Waals surface area (Å²) in [6, 6.07) is 2.28. The summed E-state index contributed by atoms with van der Waals surface area (Å²) in [4.78, 5) is 0. The summed E-state index contributed by atoms with van der Waals surface area (Å²) in [5.41, 5.74) is 3.96. The van der Waals surface area contributed by atoms with Crippen LogP contribution in [0, 0.1) is 0 Å². The van der Waals surface area contributed by atoms with Gasteiger partial charge in [0.25, 0.3) is 0 Å². The Kier molecular flexibility index (Phi) is 6.00. The van der Waals surface area contributed by atoms with Gasteiger partial charge in [-0.05, 0) is 51.9 Å². The van der Waals surface area contributed by atoms with E-state index in [0.29, 0.717) is 6.79 Å². The van der Waals surface area contributed by atoms with Crippen molar-refractivity contribution in [3.8, 4) is 5.75 Å². The topological polar surface area (TPSA) is 18.5 Å². The second-order valence-corrected chi connectivity index (χ2v) is 4.72. The van der Waals surface area contributed by atoms with Crippen LogP contribution in [0.1, 0.15) is 37.5 Å². The number of rotatable bonds is 6. The molecule has 0 radical (unpaired) electrons. The number of halogens is 1. The molecule has 0 aromatic heterocycles. The van der Waals surface area contributed by atoms with E-state index >= 15 is 0 Å². The minimum Gasteiger partial charge on any atom is -0.466 e. The van der Waals surface area contributed by atoms with Crippen LogP contribution in [0.3, 0.4) is 0 Å². The molecule has 0 atom stereocenters. The normalized spacial score (nSPS) is 10.6. The van der Waals surface area contributed by atoms with Gasteiger partial charge >= 0.3 is 0 Å². The van der Waals surface area contributed by atoms with Gasteiger partial charge in [0.1, 0.15) is 5.75 Å². The second kappa shape index (κ2) is 7.02. The van der Waals surface area contributed by atoms with Crippen molar-refractivity contribution in [2.75, 3.05) is 13.9 Å². The molecule has 17 heavy (non-hydrogen) atoms. The van der Waals surface area contributed by atoms with Crippen LogP contribution < -0.4 is 4.74 Å². The fraction of sp³-hybridized carbons (Fsp3) is 0.571. The van der Waals surface area contributed by atoms with E-state index in [0.717, 1.165) is 29.5 Å². The van der Waals surface area contributed by atoms with E-state index in [2.05, 4.69) is 42.8 Å². The zero-order valence-electron chi connectivity index (χ0n) is 11.1. The number of ether oxygens (including phenoxy) is 2. The maximum Gasteiger partial charge on any atom is 0.188 e. The molecule has 0 saturated carbocycles. The standard InChI is InChI=1S/C14H21BrO2/c1-5-10-8-11(6-2)13(15)14(12(10)7-3)17-9-16-4/h8H,5-7,9H2,1-4H3. The predicted molar refractivity (Wildman–Crippen MR) is 74.8 cm³/mol. The lowest BCUT2D eigenvalue weighted by atomic mass is 9.98. The Bertz CT molecular complexity index is 375. The molecule has 0 aliphatic rings. The third-order valence-electron chi connectivity index (χ3n) is 2.93. The highest BCUT2D eigenvalue weighted by Crippen LogP contribution is 2.36. The maximum absolute atomic E-state index is 5.72. The zero-order valence-corrected chi connectivity index (χ0v) is 12.7. The first-order valence-electron chi connectivity index (χ1n) is 6.14. The molecule has 0 bridgehead atoms. The van der Waals surface area contributed by atoms with Crippen LogP contribution in [0.2, 0.25) is 0 Å². The number of aryl methyl sites for hydroxylation is 2. The molecule has 0 saturated heterocycles. The summed E-state index contributed by atoms with van der Waals surface area (Å²) in [5, 5.41) is 0. The van der Waals surface area contributed by atoms with Crippen LogP contribution in [0.5, 0.6) is 5.75 Å². The highest BCUT2D eigenvalue weighted by molar-refractivity contribution is 9.10. The summed E-state index contributed by atoms with van der Waals surface area (Å²) in [5.74, 6) is 0.950. The average molecular weight is 301 g/mol. The van der Waals surface area contributed by atoms with Gasteiger partial charge in [-0.3, -0.25) is 0 Å². The Morgan fingerprint density at radius 3 is 2.18 bits per heavy atom. The van der Waals surface area contributed by atoms with E-state index in [1.807, 2.05) is 0 Å². The molecule has 0 amide bonds. The molecule has 0 spiro atoms. The minimum atomic E-state index is 0.294. The van der Waals surface area contributed by atoms with Crippen molar-refractivity contribution in [2.45, 2.75) is 40.0 Å². The molecule has 2 nitrogen and oxygen atoms in total. The molecular formula is C14H21BrO2. The van der Waals surface area contributed by atoms with Crippen molar-refractivity contribution in [1.82, 2.24) is 0 Å². The molecule has 96 valence electrons. The van der Waals surface area contributed by atoms with E-state index < -0.39 is 0 Å². The van der Waals surface area contributed by atoms with Gasteiger partial charge in [-0.25, -0.2) is 0 Å². The molecule has 1 rings (SSSR count). The molecule has 0 aliphatic heterocycles. The van der Waals surface area contributed by atoms with E-state index in [4.69, 9.17) is 9.47 Å². The highest BCUT2D eigenvalue weighted by atomic mass is 79.9. The van der Waals surface area contributed by atoms with Gasteiger partial charge in [-0.15, -0.1) is 0 Å². The van der Waals surface area contributed by atoms with Crippen LogP contribution in [0.25, 0.3) is 0 Å². The first-order chi connectivity index (χ1) is 8.19. The minimum absolute atomic E-state index is 0.294. The summed E-state index contributed by atoms with van der Waals surface area (Å²) in [6.45, 7) is 6.79. The Morgan fingerprint density at radius 2 is 1.71 bits per heavy atom. The molecule has 0 fully saturated rings. The number of methoxy groups -OCH3 is 1. The quantitative estimate of drug-likeness (QED) is 0.736. The lowest BCUT2D eigenvalue weighted by Crippen LogP contribution is -2.06. The van der Waals surface area contributed by atoms with Gasteiger partial charge in [0.2, 0.25) is 0 Å². The summed E-state index contributed by atoms with van der Waals surface area (Å²) in [6.07, 6.45) is 3.01. The average Bonchev–Trinajstić information content (AvgIpc) is 2.36. The van der Waals surface area contributed by atoms with Crippen molar-refractivity contribution in [3.05, 3.63) is 27.2 Å². The van der Waals surface area contributed by atoms with Gasteiger partial charge in [0.05, 0.1) is 4.47 Å². The van der Waals surface area contributed by atoms with Crippen LogP contribution in [-0.4, -0.2) is 13.9 Å². The first kappa shape index (κ1) is 14.5. The molecule has 0 unspecified atom stereocenters. The summed E-state index contributed by atoms with van der Waals surface area (Å²) in [7, 11) is 1.64. The maximum atomic E-state index is 5.72. The fourth-order valence-corrected chi connectivity index (χ4v) is 2.76. The van der Waals surface area contributed by atoms with Crippen LogP contribution in [0.15, 0.2) is 10.5 Å². The first-order valence-corrected chi connectivity index (χ1v) is 6.93. The number of benzene rings is 1. The lowest BCUT2D eigenvalue weighted by molar-refractivity contribution is 0.0498. The van der Waals surface area contributed by atoms with E-state index in [1.165, 1.54) is 16.7 Å². The number of hydrogen-bond acceptors (Lipinski definition) is 2. The zero-order chi connectivity index (χ0) is 12.8. The summed E-state index contributed by atoms with van der Waals surface area (Å²) < 4.78 is 11.8. The van der Waals surface area contributed by atoms with E-state index in [1.54, 1.807) is 7.11 Å². The highest BCUT2D eigenvalue weighted by Gasteiger charge is 2.15. The summed E-state index contributed by atoms with van der Waals surface area (Å²) >= 11 is 3.65. The molecular weight excluding hydrogens is 280 g/mol.